The Labute approximate surface area is 151 Å². The number of anilines is 4. The van der Waals surface area contributed by atoms with E-state index in [1.807, 2.05) is 54.6 Å². The fraction of sp³-hybridized carbons (Fsp3) is 0.0500. The van der Waals surface area contributed by atoms with E-state index in [4.69, 9.17) is 5.73 Å². The number of hydrogen-bond donors (Lipinski definition) is 3. The predicted molar refractivity (Wildman–Crippen MR) is 105 cm³/mol. The molecule has 6 heteroatoms. The number of amides is 1. The lowest BCUT2D eigenvalue weighted by molar-refractivity contribution is -0.115. The minimum atomic E-state index is -0.114. The van der Waals surface area contributed by atoms with Crippen molar-refractivity contribution in [1.29, 1.82) is 0 Å². The summed E-state index contributed by atoms with van der Waals surface area (Å²) in [5, 5.41) is 5.96. The third-order valence-corrected chi connectivity index (χ3v) is 3.57. The summed E-state index contributed by atoms with van der Waals surface area (Å²) in [6.07, 6.45) is 3.51. The Bertz CT molecular complexity index is 939. The van der Waals surface area contributed by atoms with Gasteiger partial charge < -0.3 is 16.4 Å². The fourth-order valence-corrected chi connectivity index (χ4v) is 2.42. The molecule has 0 fully saturated rings. The number of nitrogen functional groups attached to an aromatic ring is 1. The molecule has 26 heavy (non-hydrogen) atoms. The van der Waals surface area contributed by atoms with Crippen LogP contribution in [0, 0.1) is 0 Å². The van der Waals surface area contributed by atoms with Crippen LogP contribution in [0.4, 0.5) is 23.0 Å². The van der Waals surface area contributed by atoms with Crippen molar-refractivity contribution in [3.8, 4) is 11.3 Å². The molecule has 1 heterocycles. The number of nitrogens with two attached hydrogens (primary N) is 1. The van der Waals surface area contributed by atoms with E-state index in [1.165, 1.54) is 0 Å². The molecule has 0 aliphatic rings. The number of aromatic nitrogens is 2. The zero-order valence-corrected chi connectivity index (χ0v) is 14.1. The van der Waals surface area contributed by atoms with Crippen LogP contribution in [0.1, 0.15) is 6.42 Å². The second kappa shape index (κ2) is 7.94. The van der Waals surface area contributed by atoms with E-state index in [0.717, 1.165) is 16.9 Å². The maximum absolute atomic E-state index is 11.7. The Morgan fingerprint density at radius 2 is 1.92 bits per heavy atom. The Hall–Kier alpha value is -3.67. The van der Waals surface area contributed by atoms with Gasteiger partial charge in [0.25, 0.3) is 0 Å². The topological polar surface area (TPSA) is 92.9 Å². The Morgan fingerprint density at radius 3 is 2.73 bits per heavy atom. The first kappa shape index (κ1) is 17.2. The largest absolute Gasteiger partial charge is 0.399 e. The third kappa shape index (κ3) is 4.45. The van der Waals surface area contributed by atoms with E-state index < -0.39 is 0 Å². The van der Waals surface area contributed by atoms with Gasteiger partial charge in [-0.25, -0.2) is 9.97 Å². The minimum Gasteiger partial charge on any atom is -0.399 e. The van der Waals surface area contributed by atoms with Gasteiger partial charge in [0.15, 0.2) is 0 Å². The molecule has 0 aliphatic carbocycles. The van der Waals surface area contributed by atoms with E-state index in [-0.39, 0.29) is 12.3 Å². The van der Waals surface area contributed by atoms with Crippen LogP contribution in [-0.4, -0.2) is 15.9 Å². The smallest absolute Gasteiger partial charge is 0.228 e. The molecular formula is C20H19N5O. The molecule has 1 amide bonds. The van der Waals surface area contributed by atoms with Crippen LogP contribution < -0.4 is 16.4 Å². The summed E-state index contributed by atoms with van der Waals surface area (Å²) in [5.41, 5.74) is 9.66. The number of carbonyl (C=O) groups excluding carboxylic acids is 1. The highest BCUT2D eigenvalue weighted by Gasteiger charge is 2.05. The van der Waals surface area contributed by atoms with Crippen molar-refractivity contribution in [3.05, 3.63) is 73.4 Å². The number of nitrogens with one attached hydrogen (secondary N) is 2. The monoisotopic (exact) mass is 345 g/mol. The zero-order valence-electron chi connectivity index (χ0n) is 14.1. The van der Waals surface area contributed by atoms with Crippen molar-refractivity contribution in [3.63, 3.8) is 0 Å². The minimum absolute atomic E-state index is 0.114. The van der Waals surface area contributed by atoms with Crippen molar-refractivity contribution in [2.24, 2.45) is 0 Å². The molecule has 0 bridgehead atoms. The molecule has 4 N–H and O–H groups in total. The summed E-state index contributed by atoms with van der Waals surface area (Å²) in [4.78, 5) is 20.4. The van der Waals surface area contributed by atoms with Crippen molar-refractivity contribution >= 4 is 28.9 Å². The highest BCUT2D eigenvalue weighted by Crippen LogP contribution is 2.22. The van der Waals surface area contributed by atoms with Crippen molar-refractivity contribution in [2.45, 2.75) is 6.42 Å². The lowest BCUT2D eigenvalue weighted by Crippen LogP contribution is -2.10. The van der Waals surface area contributed by atoms with Crippen LogP contribution in [-0.2, 0) is 4.79 Å². The number of carbonyl (C=O) groups is 1. The summed E-state index contributed by atoms with van der Waals surface area (Å²) in [5.74, 6) is 0.344. The van der Waals surface area contributed by atoms with Gasteiger partial charge in [-0.05, 0) is 36.4 Å². The first-order valence-electron chi connectivity index (χ1n) is 8.11. The van der Waals surface area contributed by atoms with Gasteiger partial charge in [-0.1, -0.05) is 24.3 Å². The average Bonchev–Trinajstić information content (AvgIpc) is 2.62. The summed E-state index contributed by atoms with van der Waals surface area (Å²) in [6.45, 7) is 3.56. The van der Waals surface area contributed by atoms with Crippen LogP contribution in [0.5, 0.6) is 0 Å². The molecule has 0 spiro atoms. The van der Waals surface area contributed by atoms with Crippen LogP contribution in [0.15, 0.2) is 73.4 Å². The highest BCUT2D eigenvalue weighted by molar-refractivity contribution is 5.92. The number of nitrogens with zero attached hydrogens (tertiary/aromatic N) is 2. The van der Waals surface area contributed by atoms with Gasteiger partial charge in [0.05, 0.1) is 5.69 Å². The molecular weight excluding hydrogens is 326 g/mol. The average molecular weight is 345 g/mol. The van der Waals surface area contributed by atoms with Crippen LogP contribution in [0.3, 0.4) is 0 Å². The molecule has 0 saturated carbocycles. The van der Waals surface area contributed by atoms with Gasteiger partial charge in [0.1, 0.15) is 0 Å². The molecule has 3 aromatic rings. The Balaban J connectivity index is 1.78. The van der Waals surface area contributed by atoms with E-state index in [9.17, 15) is 4.79 Å². The van der Waals surface area contributed by atoms with Gasteiger partial charge in [0, 0.05) is 35.2 Å². The van der Waals surface area contributed by atoms with Crippen LogP contribution >= 0.6 is 0 Å². The highest BCUT2D eigenvalue weighted by atomic mass is 16.1. The Morgan fingerprint density at radius 1 is 1.12 bits per heavy atom. The number of benzene rings is 2. The van der Waals surface area contributed by atoms with E-state index in [0.29, 0.717) is 17.3 Å². The molecule has 130 valence electrons. The first-order valence-corrected chi connectivity index (χ1v) is 8.11. The lowest BCUT2D eigenvalue weighted by atomic mass is 10.1. The normalized spacial score (nSPS) is 10.2. The van der Waals surface area contributed by atoms with Gasteiger partial charge >= 0.3 is 0 Å². The molecule has 0 unspecified atom stereocenters. The second-order valence-electron chi connectivity index (χ2n) is 5.64. The Kier molecular flexibility index (Phi) is 5.24. The number of hydrogen-bond acceptors (Lipinski definition) is 5. The van der Waals surface area contributed by atoms with Crippen molar-refractivity contribution < 1.29 is 4.79 Å². The molecule has 3 rings (SSSR count). The van der Waals surface area contributed by atoms with Crippen molar-refractivity contribution in [2.75, 3.05) is 16.4 Å². The first-order chi connectivity index (χ1) is 12.6. The standard InChI is InChI=1S/C20H19N5O/c1-2-5-19(26)23-16-8-4-9-17(13-16)24-20-22-11-10-18(25-20)14-6-3-7-15(21)12-14/h2-4,6-13H,1,5,21H2,(H,23,26)(H,22,24,25). The van der Waals surface area contributed by atoms with Crippen LogP contribution in [0.25, 0.3) is 11.3 Å². The molecule has 0 aliphatic heterocycles. The second-order valence-corrected chi connectivity index (χ2v) is 5.64. The van der Waals surface area contributed by atoms with Gasteiger partial charge in [0.2, 0.25) is 11.9 Å². The quantitative estimate of drug-likeness (QED) is 0.464. The molecule has 1 aromatic heterocycles. The third-order valence-electron chi connectivity index (χ3n) is 3.57. The van der Waals surface area contributed by atoms with E-state index in [1.54, 1.807) is 12.3 Å². The molecule has 2 aromatic carbocycles. The molecule has 0 saturated heterocycles. The fourth-order valence-electron chi connectivity index (χ4n) is 2.42. The zero-order chi connectivity index (χ0) is 18.4. The van der Waals surface area contributed by atoms with Gasteiger partial charge in [-0.3, -0.25) is 4.79 Å². The maximum Gasteiger partial charge on any atom is 0.228 e. The summed E-state index contributed by atoms with van der Waals surface area (Å²) in [6, 6.07) is 16.7. The van der Waals surface area contributed by atoms with Gasteiger partial charge in [-0.2, -0.15) is 0 Å². The summed E-state index contributed by atoms with van der Waals surface area (Å²) < 4.78 is 0. The van der Waals surface area contributed by atoms with Crippen molar-refractivity contribution in [1.82, 2.24) is 9.97 Å². The summed E-state index contributed by atoms with van der Waals surface area (Å²) >= 11 is 0. The summed E-state index contributed by atoms with van der Waals surface area (Å²) in [7, 11) is 0. The van der Waals surface area contributed by atoms with E-state index in [2.05, 4.69) is 27.2 Å². The van der Waals surface area contributed by atoms with Crippen LogP contribution in [0.2, 0.25) is 0 Å². The van der Waals surface area contributed by atoms with Gasteiger partial charge in [-0.15, -0.1) is 6.58 Å². The number of rotatable bonds is 6. The molecule has 0 radical (unpaired) electrons. The molecule has 6 nitrogen and oxygen atoms in total. The van der Waals surface area contributed by atoms with E-state index >= 15 is 0 Å². The SMILES string of the molecule is C=CCC(=O)Nc1cccc(Nc2nccc(-c3cccc(N)c3)n2)c1. The maximum atomic E-state index is 11.7. The predicted octanol–water partition coefficient (Wildman–Crippen LogP) is 3.98. The lowest BCUT2D eigenvalue weighted by Gasteiger charge is -2.09. The molecule has 0 atom stereocenters.